The van der Waals surface area contributed by atoms with E-state index < -0.39 is 12.7 Å². The van der Waals surface area contributed by atoms with Crippen LogP contribution in [0.2, 0.25) is 0 Å². The molecule has 0 amide bonds. The van der Waals surface area contributed by atoms with E-state index in [-0.39, 0.29) is 0 Å². The van der Waals surface area contributed by atoms with Gasteiger partial charge in [-0.05, 0) is 38.3 Å². The second kappa shape index (κ2) is 10.3. The Morgan fingerprint density at radius 2 is 1.90 bits per heavy atom. The molecule has 2 saturated heterocycles. The van der Waals surface area contributed by atoms with Crippen LogP contribution in [0.5, 0.6) is 0 Å². The van der Waals surface area contributed by atoms with Gasteiger partial charge >= 0.3 is 6.18 Å². The number of nitrogens with zero attached hydrogens (tertiary/aromatic N) is 5. The molecule has 10 heteroatoms. The topological polar surface area (TPSA) is 60.1 Å². The lowest BCUT2D eigenvalue weighted by atomic mass is 9.93. The quantitative estimate of drug-likeness (QED) is 0.566. The first-order valence-corrected chi connectivity index (χ1v) is 10.3. The van der Waals surface area contributed by atoms with Crippen LogP contribution in [0.3, 0.4) is 0 Å². The predicted octanol–water partition coefficient (Wildman–Crippen LogP) is 2.03. The van der Waals surface area contributed by atoms with Crippen LogP contribution in [0, 0.1) is 5.92 Å². The number of piperazine rings is 1. The average molecular weight is 416 g/mol. The zero-order valence-corrected chi connectivity index (χ0v) is 17.0. The summed E-state index contributed by atoms with van der Waals surface area (Å²) in [5.41, 5.74) is 0.947. The second-order valence-corrected chi connectivity index (χ2v) is 7.85. The molecule has 0 unspecified atom stereocenters. The van der Waals surface area contributed by atoms with Gasteiger partial charge in [0.1, 0.15) is 6.26 Å². The van der Waals surface area contributed by atoms with Crippen molar-refractivity contribution in [1.82, 2.24) is 25.2 Å². The van der Waals surface area contributed by atoms with Gasteiger partial charge in [-0.25, -0.2) is 0 Å². The molecule has 1 N–H and O–H groups in total. The summed E-state index contributed by atoms with van der Waals surface area (Å²) in [6.45, 7) is 5.54. The van der Waals surface area contributed by atoms with Crippen molar-refractivity contribution in [2.75, 3.05) is 59.4 Å². The first-order valence-electron chi connectivity index (χ1n) is 10.3. The molecule has 1 aromatic rings. The number of aromatic nitrogens is 1. The molecule has 164 valence electrons. The third-order valence-electron chi connectivity index (χ3n) is 5.71. The van der Waals surface area contributed by atoms with E-state index in [4.69, 9.17) is 4.52 Å². The van der Waals surface area contributed by atoms with E-state index in [9.17, 15) is 13.2 Å². The highest BCUT2D eigenvalue weighted by atomic mass is 19.4. The van der Waals surface area contributed by atoms with Crippen molar-refractivity contribution in [1.29, 1.82) is 0 Å². The lowest BCUT2D eigenvalue weighted by Crippen LogP contribution is -2.52. The number of halogens is 3. The molecule has 3 rings (SSSR count). The SMILES string of the molecule is CN=C(NCCC1CCN(CC(F)(F)F)CC1)N1CCN(Cc2ccon2)CC1. The molecule has 1 aromatic heterocycles. The number of hydrogen-bond acceptors (Lipinski definition) is 5. The lowest BCUT2D eigenvalue weighted by molar-refractivity contribution is -0.148. The molecule has 29 heavy (non-hydrogen) atoms. The van der Waals surface area contributed by atoms with E-state index >= 15 is 0 Å². The summed E-state index contributed by atoms with van der Waals surface area (Å²) >= 11 is 0. The second-order valence-electron chi connectivity index (χ2n) is 7.85. The highest BCUT2D eigenvalue weighted by Gasteiger charge is 2.32. The minimum atomic E-state index is -4.10. The standard InChI is InChI=1S/C19H31F3N6O/c1-23-18(28-11-9-26(10-12-28)14-17-5-13-29-25-17)24-6-2-16-3-7-27(8-4-16)15-19(20,21)22/h5,13,16H,2-4,6-12,14-15H2,1H3,(H,23,24). The van der Waals surface area contributed by atoms with E-state index in [0.717, 1.165) is 70.2 Å². The van der Waals surface area contributed by atoms with Gasteiger partial charge in [-0.3, -0.25) is 14.8 Å². The van der Waals surface area contributed by atoms with Crippen LogP contribution in [-0.2, 0) is 6.54 Å². The Morgan fingerprint density at radius 1 is 1.17 bits per heavy atom. The Bertz CT molecular complexity index is 620. The number of alkyl halides is 3. The number of nitrogens with one attached hydrogen (secondary N) is 1. The van der Waals surface area contributed by atoms with Gasteiger partial charge in [0.05, 0.1) is 12.2 Å². The fourth-order valence-corrected chi connectivity index (χ4v) is 4.07. The largest absolute Gasteiger partial charge is 0.401 e. The van der Waals surface area contributed by atoms with Crippen LogP contribution in [0.25, 0.3) is 0 Å². The molecule has 0 atom stereocenters. The van der Waals surface area contributed by atoms with Gasteiger partial charge in [0, 0.05) is 52.4 Å². The van der Waals surface area contributed by atoms with Gasteiger partial charge < -0.3 is 14.7 Å². The van der Waals surface area contributed by atoms with Crippen molar-refractivity contribution in [2.45, 2.75) is 32.0 Å². The summed E-state index contributed by atoms with van der Waals surface area (Å²) in [4.78, 5) is 10.5. The van der Waals surface area contributed by atoms with E-state index in [0.29, 0.717) is 19.0 Å². The van der Waals surface area contributed by atoms with Crippen molar-refractivity contribution in [3.8, 4) is 0 Å². The van der Waals surface area contributed by atoms with E-state index in [1.165, 1.54) is 4.90 Å². The van der Waals surface area contributed by atoms with Crippen LogP contribution in [0.15, 0.2) is 21.8 Å². The van der Waals surface area contributed by atoms with Crippen molar-refractivity contribution < 1.29 is 17.7 Å². The highest BCUT2D eigenvalue weighted by Crippen LogP contribution is 2.24. The Hall–Kier alpha value is -1.81. The van der Waals surface area contributed by atoms with Gasteiger partial charge in [-0.2, -0.15) is 13.2 Å². The number of hydrogen-bond donors (Lipinski definition) is 1. The van der Waals surface area contributed by atoms with Crippen molar-refractivity contribution in [3.05, 3.63) is 18.0 Å². The maximum absolute atomic E-state index is 12.5. The number of guanidine groups is 1. The third kappa shape index (κ3) is 7.18. The van der Waals surface area contributed by atoms with Crippen LogP contribution < -0.4 is 5.32 Å². The maximum atomic E-state index is 12.5. The van der Waals surface area contributed by atoms with Crippen LogP contribution in [0.1, 0.15) is 25.0 Å². The lowest BCUT2D eigenvalue weighted by Gasteiger charge is -2.36. The summed E-state index contributed by atoms with van der Waals surface area (Å²) in [7, 11) is 1.79. The summed E-state index contributed by atoms with van der Waals surface area (Å²) in [6.07, 6.45) is 0.122. The Labute approximate surface area is 169 Å². The van der Waals surface area contributed by atoms with Gasteiger partial charge in [0.2, 0.25) is 0 Å². The third-order valence-corrected chi connectivity index (χ3v) is 5.71. The van der Waals surface area contributed by atoms with Crippen LogP contribution in [-0.4, -0.2) is 91.4 Å². The summed E-state index contributed by atoms with van der Waals surface area (Å²) in [6, 6.07) is 1.89. The van der Waals surface area contributed by atoms with E-state index in [2.05, 4.69) is 25.3 Å². The van der Waals surface area contributed by atoms with Gasteiger partial charge in [-0.1, -0.05) is 5.16 Å². The Balaban J connectivity index is 1.32. The van der Waals surface area contributed by atoms with Crippen molar-refractivity contribution in [2.24, 2.45) is 10.9 Å². The number of piperidine rings is 1. The zero-order valence-electron chi connectivity index (χ0n) is 17.0. The summed E-state index contributed by atoms with van der Waals surface area (Å²) in [5.74, 6) is 1.38. The first-order chi connectivity index (χ1) is 13.9. The van der Waals surface area contributed by atoms with Crippen molar-refractivity contribution >= 4 is 5.96 Å². The molecular formula is C19H31F3N6O. The molecule has 0 saturated carbocycles. The molecule has 0 radical (unpaired) electrons. The normalized spacial score (nSPS) is 21.0. The number of aliphatic imine (C=N–C) groups is 1. The van der Waals surface area contributed by atoms with Gasteiger partial charge in [0.25, 0.3) is 0 Å². The molecule has 3 heterocycles. The average Bonchev–Trinajstić information content (AvgIpc) is 3.19. The van der Waals surface area contributed by atoms with Crippen LogP contribution in [0.4, 0.5) is 13.2 Å². The summed E-state index contributed by atoms with van der Waals surface area (Å²) < 4.78 is 42.3. The molecule has 0 spiro atoms. The molecule has 2 aliphatic rings. The van der Waals surface area contributed by atoms with Crippen LogP contribution >= 0.6 is 0 Å². The van der Waals surface area contributed by atoms with Gasteiger partial charge in [0.15, 0.2) is 5.96 Å². The fourth-order valence-electron chi connectivity index (χ4n) is 4.07. The monoisotopic (exact) mass is 416 g/mol. The molecule has 2 aliphatic heterocycles. The van der Waals surface area contributed by atoms with Crippen molar-refractivity contribution in [3.63, 3.8) is 0 Å². The Kier molecular flexibility index (Phi) is 7.77. The first kappa shape index (κ1) is 21.9. The highest BCUT2D eigenvalue weighted by molar-refractivity contribution is 5.79. The fraction of sp³-hybridized carbons (Fsp3) is 0.789. The molecular weight excluding hydrogens is 385 g/mol. The Morgan fingerprint density at radius 3 is 2.48 bits per heavy atom. The predicted molar refractivity (Wildman–Crippen MR) is 105 cm³/mol. The summed E-state index contributed by atoms with van der Waals surface area (Å²) in [5, 5.41) is 7.40. The van der Waals surface area contributed by atoms with E-state index in [1.54, 1.807) is 13.3 Å². The number of likely N-dealkylation sites (tertiary alicyclic amines) is 1. The van der Waals surface area contributed by atoms with E-state index in [1.807, 2.05) is 6.07 Å². The molecule has 0 aromatic carbocycles. The molecule has 0 aliphatic carbocycles. The minimum absolute atomic E-state index is 0.476. The minimum Gasteiger partial charge on any atom is -0.364 e. The number of rotatable bonds is 6. The molecule has 7 nitrogen and oxygen atoms in total. The molecule has 0 bridgehead atoms. The zero-order chi connectivity index (χ0) is 20.7. The smallest absolute Gasteiger partial charge is 0.364 e. The van der Waals surface area contributed by atoms with Gasteiger partial charge in [-0.15, -0.1) is 0 Å². The maximum Gasteiger partial charge on any atom is 0.401 e. The molecule has 2 fully saturated rings.